The minimum absolute atomic E-state index is 0. The number of halogens is 2. The van der Waals surface area contributed by atoms with E-state index in [1.807, 2.05) is 18.0 Å². The maximum atomic E-state index is 12.2. The molecular formula is C13H18Cl2N2O. The first-order chi connectivity index (χ1) is 8.18. The third kappa shape index (κ3) is 3.61. The van der Waals surface area contributed by atoms with Crippen LogP contribution in [-0.2, 0) is 0 Å². The van der Waals surface area contributed by atoms with Crippen molar-refractivity contribution >= 4 is 29.9 Å². The SMILES string of the molecule is CN(C(=O)c1cccc(Cl)c1)[C@H]1CCCNC1.Cl. The number of hydrogen-bond acceptors (Lipinski definition) is 2. The largest absolute Gasteiger partial charge is 0.337 e. The summed E-state index contributed by atoms with van der Waals surface area (Å²) < 4.78 is 0. The number of carbonyl (C=O) groups is 1. The van der Waals surface area contributed by atoms with Gasteiger partial charge >= 0.3 is 0 Å². The minimum Gasteiger partial charge on any atom is -0.337 e. The van der Waals surface area contributed by atoms with Crippen molar-refractivity contribution in [3.8, 4) is 0 Å². The fourth-order valence-corrected chi connectivity index (χ4v) is 2.35. The van der Waals surface area contributed by atoms with Crippen LogP contribution < -0.4 is 5.32 Å². The average molecular weight is 289 g/mol. The van der Waals surface area contributed by atoms with Crippen LogP contribution in [0.2, 0.25) is 5.02 Å². The molecule has 3 nitrogen and oxygen atoms in total. The molecule has 100 valence electrons. The van der Waals surface area contributed by atoms with E-state index in [0.29, 0.717) is 10.6 Å². The van der Waals surface area contributed by atoms with Crippen LogP contribution in [0.4, 0.5) is 0 Å². The molecular weight excluding hydrogens is 271 g/mol. The van der Waals surface area contributed by atoms with Crippen molar-refractivity contribution < 1.29 is 4.79 Å². The highest BCUT2D eigenvalue weighted by molar-refractivity contribution is 6.30. The van der Waals surface area contributed by atoms with E-state index in [0.717, 1.165) is 25.9 Å². The summed E-state index contributed by atoms with van der Waals surface area (Å²) in [5.74, 6) is 0.0428. The van der Waals surface area contributed by atoms with Gasteiger partial charge in [0.1, 0.15) is 0 Å². The maximum Gasteiger partial charge on any atom is 0.253 e. The van der Waals surface area contributed by atoms with Gasteiger partial charge < -0.3 is 10.2 Å². The van der Waals surface area contributed by atoms with E-state index < -0.39 is 0 Å². The molecule has 18 heavy (non-hydrogen) atoms. The van der Waals surface area contributed by atoms with Crippen molar-refractivity contribution in [1.29, 1.82) is 0 Å². The lowest BCUT2D eigenvalue weighted by atomic mass is 10.1. The lowest BCUT2D eigenvalue weighted by molar-refractivity contribution is 0.0708. The molecule has 1 amide bonds. The van der Waals surface area contributed by atoms with E-state index >= 15 is 0 Å². The summed E-state index contributed by atoms with van der Waals surface area (Å²) in [6.07, 6.45) is 2.19. The van der Waals surface area contributed by atoms with Gasteiger partial charge in [0.25, 0.3) is 5.91 Å². The van der Waals surface area contributed by atoms with E-state index in [1.165, 1.54) is 0 Å². The predicted molar refractivity (Wildman–Crippen MR) is 76.7 cm³/mol. The van der Waals surface area contributed by atoms with Gasteiger partial charge in [-0.05, 0) is 37.6 Å². The molecule has 0 saturated carbocycles. The standard InChI is InChI=1S/C13H17ClN2O.ClH/c1-16(12-6-3-7-15-9-12)13(17)10-4-2-5-11(14)8-10;/h2,4-5,8,12,15H,3,6-7,9H2,1H3;1H/t12-;/m0./s1. The molecule has 1 aliphatic rings. The molecule has 1 saturated heterocycles. The number of amides is 1. The van der Waals surface area contributed by atoms with Gasteiger partial charge in [0.05, 0.1) is 0 Å². The number of nitrogens with one attached hydrogen (secondary N) is 1. The van der Waals surface area contributed by atoms with Gasteiger partial charge in [-0.3, -0.25) is 4.79 Å². The highest BCUT2D eigenvalue weighted by atomic mass is 35.5. The molecule has 1 aromatic carbocycles. The quantitative estimate of drug-likeness (QED) is 0.907. The van der Waals surface area contributed by atoms with Crippen LogP contribution in [0.1, 0.15) is 23.2 Å². The van der Waals surface area contributed by atoms with E-state index in [2.05, 4.69) is 5.32 Å². The van der Waals surface area contributed by atoms with Crippen molar-refractivity contribution in [1.82, 2.24) is 10.2 Å². The lowest BCUT2D eigenvalue weighted by Gasteiger charge is -2.31. The van der Waals surface area contributed by atoms with Crippen LogP contribution in [0.25, 0.3) is 0 Å². The summed E-state index contributed by atoms with van der Waals surface area (Å²) in [4.78, 5) is 14.1. The molecule has 0 unspecified atom stereocenters. The van der Waals surface area contributed by atoms with Crippen LogP contribution in [0.3, 0.4) is 0 Å². The molecule has 0 radical (unpaired) electrons. The van der Waals surface area contributed by atoms with Gasteiger partial charge in [-0.15, -0.1) is 12.4 Å². The Morgan fingerprint density at radius 1 is 1.50 bits per heavy atom. The smallest absolute Gasteiger partial charge is 0.253 e. The highest BCUT2D eigenvalue weighted by Gasteiger charge is 2.22. The molecule has 0 spiro atoms. The van der Waals surface area contributed by atoms with Gasteiger partial charge in [-0.1, -0.05) is 17.7 Å². The maximum absolute atomic E-state index is 12.2. The van der Waals surface area contributed by atoms with Crippen molar-refractivity contribution in [2.45, 2.75) is 18.9 Å². The molecule has 0 aliphatic carbocycles. The van der Waals surface area contributed by atoms with Crippen LogP contribution >= 0.6 is 24.0 Å². The number of piperidine rings is 1. The molecule has 1 heterocycles. The number of rotatable bonds is 2. The molecule has 1 atom stereocenters. The second kappa shape index (κ2) is 6.98. The number of nitrogens with zero attached hydrogens (tertiary/aromatic N) is 1. The van der Waals surface area contributed by atoms with Crippen LogP contribution in [0.5, 0.6) is 0 Å². The van der Waals surface area contributed by atoms with Crippen molar-refractivity contribution in [2.24, 2.45) is 0 Å². The second-order valence-electron chi connectivity index (χ2n) is 4.43. The van der Waals surface area contributed by atoms with E-state index in [4.69, 9.17) is 11.6 Å². The zero-order valence-electron chi connectivity index (χ0n) is 10.4. The van der Waals surface area contributed by atoms with Crippen LogP contribution in [0, 0.1) is 0 Å². The zero-order valence-corrected chi connectivity index (χ0v) is 11.9. The first-order valence-electron chi connectivity index (χ1n) is 5.92. The average Bonchev–Trinajstić information content (AvgIpc) is 2.38. The molecule has 1 aliphatic heterocycles. The molecule has 0 aromatic heterocycles. The number of carbonyl (C=O) groups excluding carboxylic acids is 1. The Kier molecular flexibility index (Phi) is 5.93. The van der Waals surface area contributed by atoms with E-state index in [9.17, 15) is 4.79 Å². The normalized spacial score (nSPS) is 18.9. The molecule has 5 heteroatoms. The molecule has 1 fully saturated rings. The summed E-state index contributed by atoms with van der Waals surface area (Å²) in [6.45, 7) is 1.93. The van der Waals surface area contributed by atoms with Gasteiger partial charge in [0.15, 0.2) is 0 Å². The monoisotopic (exact) mass is 288 g/mol. The number of benzene rings is 1. The topological polar surface area (TPSA) is 32.3 Å². The Balaban J connectivity index is 0.00000162. The fraction of sp³-hybridized carbons (Fsp3) is 0.462. The summed E-state index contributed by atoms with van der Waals surface area (Å²) in [5, 5.41) is 3.92. The van der Waals surface area contributed by atoms with Gasteiger partial charge in [0, 0.05) is 30.2 Å². The lowest BCUT2D eigenvalue weighted by Crippen LogP contribution is -2.46. The molecule has 1 N–H and O–H groups in total. The van der Waals surface area contributed by atoms with Gasteiger partial charge in [-0.25, -0.2) is 0 Å². The number of hydrogen-bond donors (Lipinski definition) is 1. The summed E-state index contributed by atoms with van der Waals surface area (Å²) in [7, 11) is 1.86. The van der Waals surface area contributed by atoms with E-state index in [-0.39, 0.29) is 24.4 Å². The van der Waals surface area contributed by atoms with Crippen molar-refractivity contribution in [3.05, 3.63) is 34.9 Å². The Hall–Kier alpha value is -0.770. The van der Waals surface area contributed by atoms with Gasteiger partial charge in [0.2, 0.25) is 0 Å². The predicted octanol–water partition coefficient (Wildman–Crippen LogP) is 2.59. The highest BCUT2D eigenvalue weighted by Crippen LogP contribution is 2.15. The molecule has 1 aromatic rings. The van der Waals surface area contributed by atoms with E-state index in [1.54, 1.807) is 18.2 Å². The fourth-order valence-electron chi connectivity index (χ4n) is 2.15. The third-order valence-corrected chi connectivity index (χ3v) is 3.45. The first kappa shape index (κ1) is 15.3. The Labute approximate surface area is 119 Å². The summed E-state index contributed by atoms with van der Waals surface area (Å²) >= 11 is 5.90. The molecule has 2 rings (SSSR count). The summed E-state index contributed by atoms with van der Waals surface area (Å²) in [6, 6.07) is 7.40. The third-order valence-electron chi connectivity index (χ3n) is 3.21. The minimum atomic E-state index is 0. The Morgan fingerprint density at radius 3 is 2.89 bits per heavy atom. The molecule has 0 bridgehead atoms. The number of likely N-dealkylation sites (N-methyl/N-ethyl adjacent to an activating group) is 1. The van der Waals surface area contributed by atoms with Crippen LogP contribution in [0.15, 0.2) is 24.3 Å². The first-order valence-corrected chi connectivity index (χ1v) is 6.30. The Morgan fingerprint density at radius 2 is 2.28 bits per heavy atom. The zero-order chi connectivity index (χ0) is 12.3. The van der Waals surface area contributed by atoms with Crippen molar-refractivity contribution in [2.75, 3.05) is 20.1 Å². The summed E-state index contributed by atoms with van der Waals surface area (Å²) in [5.41, 5.74) is 0.658. The van der Waals surface area contributed by atoms with Crippen LogP contribution in [-0.4, -0.2) is 37.0 Å². The van der Waals surface area contributed by atoms with Crippen molar-refractivity contribution in [3.63, 3.8) is 0 Å². The van der Waals surface area contributed by atoms with Gasteiger partial charge in [-0.2, -0.15) is 0 Å². The Bertz CT molecular complexity index is 406. The second-order valence-corrected chi connectivity index (χ2v) is 4.86.